The van der Waals surface area contributed by atoms with Crippen molar-refractivity contribution >= 4 is 46.7 Å². The SMILES string of the molecule is O=C(O)C1CSCN1C(=O)CSc1cccs1. The third-order valence-corrected chi connectivity index (χ3v) is 5.45. The monoisotopic (exact) mass is 289 g/mol. The third-order valence-electron chi connectivity index (χ3n) is 2.32. The van der Waals surface area contributed by atoms with Gasteiger partial charge in [0.05, 0.1) is 15.8 Å². The molecule has 17 heavy (non-hydrogen) atoms. The van der Waals surface area contributed by atoms with Crippen LogP contribution in [0.15, 0.2) is 21.7 Å². The summed E-state index contributed by atoms with van der Waals surface area (Å²) in [6.07, 6.45) is 0. The average molecular weight is 289 g/mol. The normalized spacial score (nSPS) is 19.5. The summed E-state index contributed by atoms with van der Waals surface area (Å²) in [5.41, 5.74) is 0. The number of thioether (sulfide) groups is 2. The van der Waals surface area contributed by atoms with Gasteiger partial charge in [-0.1, -0.05) is 6.07 Å². The lowest BCUT2D eigenvalue weighted by Crippen LogP contribution is -2.42. The van der Waals surface area contributed by atoms with E-state index in [-0.39, 0.29) is 5.91 Å². The molecule has 1 aromatic rings. The summed E-state index contributed by atoms with van der Waals surface area (Å²) in [6, 6.07) is 3.23. The van der Waals surface area contributed by atoms with E-state index in [4.69, 9.17) is 5.11 Å². The third kappa shape index (κ3) is 3.17. The minimum atomic E-state index is -0.913. The molecular weight excluding hydrogens is 278 g/mol. The van der Waals surface area contributed by atoms with Crippen molar-refractivity contribution in [3.63, 3.8) is 0 Å². The lowest BCUT2D eigenvalue weighted by Gasteiger charge is -2.19. The minimum absolute atomic E-state index is 0.0965. The van der Waals surface area contributed by atoms with Crippen molar-refractivity contribution in [1.82, 2.24) is 4.90 Å². The molecule has 0 bridgehead atoms. The van der Waals surface area contributed by atoms with Crippen LogP contribution in [0.4, 0.5) is 0 Å². The predicted octanol–water partition coefficient (Wildman–Crippen LogP) is 1.83. The number of rotatable bonds is 4. The smallest absolute Gasteiger partial charge is 0.327 e. The molecule has 0 saturated carbocycles. The maximum Gasteiger partial charge on any atom is 0.327 e. The molecule has 92 valence electrons. The number of carbonyl (C=O) groups is 2. The highest BCUT2D eigenvalue weighted by atomic mass is 32.2. The summed E-state index contributed by atoms with van der Waals surface area (Å²) in [5, 5.41) is 10.9. The Kier molecular flexibility index (Phi) is 4.36. The molecule has 1 atom stereocenters. The number of hydrogen-bond acceptors (Lipinski definition) is 5. The van der Waals surface area contributed by atoms with Gasteiger partial charge in [0.2, 0.25) is 5.91 Å². The van der Waals surface area contributed by atoms with Gasteiger partial charge in [-0.3, -0.25) is 4.79 Å². The number of aliphatic carboxylic acids is 1. The molecule has 1 amide bonds. The Labute approximate surface area is 111 Å². The van der Waals surface area contributed by atoms with Crippen LogP contribution in [0.1, 0.15) is 0 Å². The van der Waals surface area contributed by atoms with Gasteiger partial charge >= 0.3 is 5.97 Å². The summed E-state index contributed by atoms with van der Waals surface area (Å²) in [5.74, 6) is 0.279. The van der Waals surface area contributed by atoms with Crippen molar-refractivity contribution in [2.45, 2.75) is 10.3 Å². The molecule has 2 rings (SSSR count). The first-order valence-electron chi connectivity index (χ1n) is 4.95. The Morgan fingerprint density at radius 1 is 1.59 bits per heavy atom. The van der Waals surface area contributed by atoms with E-state index in [1.54, 1.807) is 11.3 Å². The molecule has 0 radical (unpaired) electrons. The Morgan fingerprint density at radius 2 is 2.41 bits per heavy atom. The zero-order valence-electron chi connectivity index (χ0n) is 8.87. The van der Waals surface area contributed by atoms with E-state index < -0.39 is 12.0 Å². The summed E-state index contributed by atoms with van der Waals surface area (Å²) < 4.78 is 1.08. The second kappa shape index (κ2) is 5.79. The van der Waals surface area contributed by atoms with Crippen LogP contribution in [0.3, 0.4) is 0 Å². The van der Waals surface area contributed by atoms with Gasteiger partial charge in [0.15, 0.2) is 0 Å². The largest absolute Gasteiger partial charge is 0.480 e. The summed E-state index contributed by atoms with van der Waals surface area (Å²) >= 11 is 4.53. The molecule has 1 aliphatic heterocycles. The molecule has 4 nitrogen and oxygen atoms in total. The molecule has 0 aromatic carbocycles. The van der Waals surface area contributed by atoms with Crippen molar-refractivity contribution in [1.29, 1.82) is 0 Å². The number of nitrogens with zero attached hydrogens (tertiary/aromatic N) is 1. The van der Waals surface area contributed by atoms with Crippen LogP contribution in [-0.4, -0.2) is 45.3 Å². The highest BCUT2D eigenvalue weighted by Gasteiger charge is 2.34. The standard InChI is InChI=1S/C10H11NO3S3/c12-8(5-17-9-2-1-3-16-9)11-6-15-4-7(11)10(13)14/h1-3,7H,4-6H2,(H,13,14). The number of carboxylic acid groups (broad SMARTS) is 1. The molecule has 0 aliphatic carbocycles. The summed E-state index contributed by atoms with van der Waals surface area (Å²) in [4.78, 5) is 24.3. The molecule has 1 fully saturated rings. The highest BCUT2D eigenvalue weighted by Crippen LogP contribution is 2.26. The number of carboxylic acids is 1. The molecule has 0 spiro atoms. The number of thiophene rings is 1. The predicted molar refractivity (Wildman–Crippen MR) is 70.6 cm³/mol. The van der Waals surface area contributed by atoms with Gasteiger partial charge in [-0.15, -0.1) is 34.9 Å². The van der Waals surface area contributed by atoms with Gasteiger partial charge in [0.1, 0.15) is 6.04 Å². The molecule has 1 saturated heterocycles. The van der Waals surface area contributed by atoms with Crippen LogP contribution in [-0.2, 0) is 9.59 Å². The lowest BCUT2D eigenvalue weighted by atomic mass is 10.3. The quantitative estimate of drug-likeness (QED) is 0.857. The molecule has 1 N–H and O–H groups in total. The van der Waals surface area contributed by atoms with E-state index in [9.17, 15) is 9.59 Å². The first-order valence-corrected chi connectivity index (χ1v) is 7.97. The fourth-order valence-electron chi connectivity index (χ4n) is 1.45. The van der Waals surface area contributed by atoms with Gasteiger partial charge in [0, 0.05) is 5.75 Å². The second-order valence-electron chi connectivity index (χ2n) is 3.44. The zero-order valence-corrected chi connectivity index (χ0v) is 11.3. The fourth-order valence-corrected chi connectivity index (χ4v) is 4.30. The molecule has 1 unspecified atom stereocenters. The fraction of sp³-hybridized carbons (Fsp3) is 0.400. The summed E-state index contributed by atoms with van der Waals surface area (Å²) in [7, 11) is 0. The van der Waals surface area contributed by atoms with Crippen LogP contribution in [0.5, 0.6) is 0 Å². The van der Waals surface area contributed by atoms with Gasteiger partial charge in [-0.05, 0) is 11.4 Å². The van der Waals surface area contributed by atoms with E-state index in [1.165, 1.54) is 28.4 Å². The average Bonchev–Trinajstić information content (AvgIpc) is 2.96. The van der Waals surface area contributed by atoms with Crippen LogP contribution in [0, 0.1) is 0 Å². The highest BCUT2D eigenvalue weighted by molar-refractivity contribution is 8.01. The van der Waals surface area contributed by atoms with Crippen molar-refractivity contribution < 1.29 is 14.7 Å². The van der Waals surface area contributed by atoms with E-state index in [1.807, 2.05) is 17.5 Å². The van der Waals surface area contributed by atoms with Crippen molar-refractivity contribution in [2.75, 3.05) is 17.4 Å². The van der Waals surface area contributed by atoms with Crippen LogP contribution in [0.2, 0.25) is 0 Å². The Morgan fingerprint density at radius 3 is 3.06 bits per heavy atom. The number of hydrogen-bond donors (Lipinski definition) is 1. The van der Waals surface area contributed by atoms with Gasteiger partial charge < -0.3 is 10.0 Å². The van der Waals surface area contributed by atoms with Crippen molar-refractivity contribution in [3.8, 4) is 0 Å². The lowest BCUT2D eigenvalue weighted by molar-refractivity contribution is -0.146. The maximum absolute atomic E-state index is 11.9. The van der Waals surface area contributed by atoms with Crippen molar-refractivity contribution in [3.05, 3.63) is 17.5 Å². The minimum Gasteiger partial charge on any atom is -0.480 e. The van der Waals surface area contributed by atoms with E-state index in [0.29, 0.717) is 17.4 Å². The van der Waals surface area contributed by atoms with Crippen LogP contribution in [0.25, 0.3) is 0 Å². The topological polar surface area (TPSA) is 57.6 Å². The van der Waals surface area contributed by atoms with Crippen LogP contribution >= 0.6 is 34.9 Å². The first-order chi connectivity index (χ1) is 8.18. The van der Waals surface area contributed by atoms with Gasteiger partial charge in [0.25, 0.3) is 0 Å². The Hall–Kier alpha value is -0.660. The van der Waals surface area contributed by atoms with Gasteiger partial charge in [-0.2, -0.15) is 0 Å². The van der Waals surface area contributed by atoms with E-state index in [0.717, 1.165) is 4.21 Å². The zero-order chi connectivity index (χ0) is 12.3. The molecule has 1 aliphatic rings. The van der Waals surface area contributed by atoms with E-state index >= 15 is 0 Å². The molecule has 2 heterocycles. The van der Waals surface area contributed by atoms with E-state index in [2.05, 4.69) is 0 Å². The van der Waals surface area contributed by atoms with Crippen LogP contribution < -0.4 is 0 Å². The maximum atomic E-state index is 11.9. The molecule has 7 heteroatoms. The number of amides is 1. The summed E-state index contributed by atoms with van der Waals surface area (Å²) in [6.45, 7) is 0. The Bertz CT molecular complexity index is 407. The second-order valence-corrected chi connectivity index (χ2v) is 6.66. The first kappa shape index (κ1) is 12.8. The molecule has 1 aromatic heterocycles. The van der Waals surface area contributed by atoms with Crippen molar-refractivity contribution in [2.24, 2.45) is 0 Å². The van der Waals surface area contributed by atoms with Gasteiger partial charge in [-0.25, -0.2) is 4.79 Å². The Balaban J connectivity index is 1.89. The molecular formula is C10H11NO3S3. The number of carbonyl (C=O) groups excluding carboxylic acids is 1.